The van der Waals surface area contributed by atoms with Crippen LogP contribution in [0.3, 0.4) is 0 Å². The Morgan fingerprint density at radius 2 is 1.66 bits per heavy atom. The van der Waals surface area contributed by atoms with Crippen LogP contribution in [0.15, 0.2) is 54.6 Å². The highest BCUT2D eigenvalue weighted by Crippen LogP contribution is 2.39. The molecule has 2 saturated heterocycles. The fraction of sp³-hybridized carbons (Fsp3) is 0.500. The third-order valence-electron chi connectivity index (χ3n) is 8.69. The van der Waals surface area contributed by atoms with E-state index in [4.69, 9.17) is 16.6 Å². The number of pyridine rings is 1. The first-order chi connectivity index (χ1) is 18.1. The fourth-order valence-corrected chi connectivity index (χ4v) is 6.66. The van der Waals surface area contributed by atoms with Crippen molar-refractivity contribution in [3.8, 4) is 0 Å². The van der Waals surface area contributed by atoms with E-state index in [1.165, 1.54) is 24.8 Å². The Balaban J connectivity index is 1.17. The van der Waals surface area contributed by atoms with Gasteiger partial charge >= 0.3 is 0 Å². The Hall–Kier alpha value is -2.47. The number of carbonyl (C=O) groups excluding carboxylic acids is 1. The van der Waals surface area contributed by atoms with Gasteiger partial charge in [-0.15, -0.1) is 0 Å². The Morgan fingerprint density at radius 3 is 2.34 bits per heavy atom. The molecular weight excluding hydrogens is 492 g/mol. The summed E-state index contributed by atoms with van der Waals surface area (Å²) in [5, 5.41) is 4.93. The van der Waals surface area contributed by atoms with E-state index in [9.17, 15) is 4.79 Å². The summed E-state index contributed by atoms with van der Waals surface area (Å²) in [4.78, 5) is 22.7. The van der Waals surface area contributed by atoms with Gasteiger partial charge in [-0.25, -0.2) is 0 Å². The van der Waals surface area contributed by atoms with Crippen molar-refractivity contribution in [2.75, 3.05) is 25.0 Å². The molecule has 0 unspecified atom stereocenters. The Bertz CT molecular complexity index is 1260. The number of hydrogen-bond acceptors (Lipinski definition) is 4. The largest absolute Gasteiger partial charge is 0.325 e. The zero-order valence-corrected chi connectivity index (χ0v) is 24.0. The minimum atomic E-state index is 0.0356. The lowest BCUT2D eigenvalue weighted by atomic mass is 9.79. The van der Waals surface area contributed by atoms with Crippen LogP contribution in [-0.4, -0.2) is 51.4 Å². The van der Waals surface area contributed by atoms with Gasteiger partial charge in [0.25, 0.3) is 0 Å². The van der Waals surface area contributed by atoms with E-state index >= 15 is 0 Å². The van der Waals surface area contributed by atoms with E-state index in [1.54, 1.807) is 0 Å². The predicted molar refractivity (Wildman–Crippen MR) is 158 cm³/mol. The zero-order chi connectivity index (χ0) is 26.9. The molecule has 2 aliphatic rings. The fourth-order valence-electron chi connectivity index (χ4n) is 6.53. The van der Waals surface area contributed by atoms with E-state index in [0.717, 1.165) is 59.8 Å². The molecule has 2 aromatic carbocycles. The van der Waals surface area contributed by atoms with Gasteiger partial charge in [0, 0.05) is 33.7 Å². The monoisotopic (exact) mass is 532 g/mol. The van der Waals surface area contributed by atoms with Gasteiger partial charge in [0.15, 0.2) is 0 Å². The average Bonchev–Trinajstić information content (AvgIpc) is 2.87. The normalized spacial score (nSPS) is 20.4. The highest BCUT2D eigenvalue weighted by Gasteiger charge is 2.41. The number of rotatable bonds is 6. The number of benzene rings is 2. The van der Waals surface area contributed by atoms with Crippen molar-refractivity contribution < 1.29 is 4.79 Å². The predicted octanol–water partition coefficient (Wildman–Crippen LogP) is 7.25. The summed E-state index contributed by atoms with van der Waals surface area (Å²) >= 11 is 6.03. The lowest BCUT2D eigenvalue weighted by Crippen LogP contribution is -2.57. The van der Waals surface area contributed by atoms with Gasteiger partial charge in [-0.05, 0) is 121 Å². The number of likely N-dealkylation sites (tertiary alicyclic amines) is 2. The van der Waals surface area contributed by atoms with Crippen molar-refractivity contribution in [3.05, 3.63) is 70.9 Å². The van der Waals surface area contributed by atoms with Crippen LogP contribution in [0.4, 0.5) is 5.69 Å². The van der Waals surface area contributed by atoms with Crippen molar-refractivity contribution in [1.29, 1.82) is 0 Å². The number of nitrogens with one attached hydrogen (secondary N) is 1. The number of amides is 1. The van der Waals surface area contributed by atoms with Gasteiger partial charge in [-0.2, -0.15) is 0 Å². The minimum Gasteiger partial charge on any atom is -0.325 e. The molecule has 0 saturated carbocycles. The maximum Gasteiger partial charge on any atom is 0.238 e. The second kappa shape index (κ2) is 11.0. The van der Waals surface area contributed by atoms with Gasteiger partial charge < -0.3 is 5.32 Å². The van der Waals surface area contributed by atoms with Gasteiger partial charge in [-0.3, -0.25) is 19.6 Å². The third-order valence-corrected chi connectivity index (χ3v) is 8.94. The lowest BCUT2D eigenvalue weighted by molar-refractivity contribution is -0.117. The molecule has 3 heterocycles. The molecule has 5 nitrogen and oxygen atoms in total. The molecule has 0 atom stereocenters. The Labute approximate surface area is 232 Å². The van der Waals surface area contributed by atoms with Gasteiger partial charge in [0.2, 0.25) is 5.91 Å². The summed E-state index contributed by atoms with van der Waals surface area (Å²) in [6.45, 7) is 12.5. The van der Waals surface area contributed by atoms with E-state index in [0.29, 0.717) is 12.5 Å². The maximum absolute atomic E-state index is 12.8. The molecule has 3 aromatic rings. The molecule has 6 heteroatoms. The lowest BCUT2D eigenvalue weighted by Gasteiger charge is -2.52. The summed E-state index contributed by atoms with van der Waals surface area (Å²) in [6, 6.07) is 18.5. The van der Waals surface area contributed by atoms with E-state index in [2.05, 4.69) is 67.1 Å². The molecule has 1 amide bonds. The van der Waals surface area contributed by atoms with Gasteiger partial charge in [0.05, 0.1) is 17.8 Å². The van der Waals surface area contributed by atoms with Crippen LogP contribution in [0.1, 0.15) is 77.0 Å². The first-order valence-corrected chi connectivity index (χ1v) is 14.4. The zero-order valence-electron chi connectivity index (χ0n) is 23.3. The second-order valence-electron chi connectivity index (χ2n) is 12.4. The molecule has 1 N–H and O–H groups in total. The summed E-state index contributed by atoms with van der Waals surface area (Å²) in [6.07, 6.45) is 5.83. The van der Waals surface area contributed by atoms with Gasteiger partial charge in [0.1, 0.15) is 0 Å². The number of halogens is 1. The molecule has 202 valence electrons. The highest BCUT2D eigenvalue weighted by molar-refractivity contribution is 6.30. The Morgan fingerprint density at radius 1 is 0.974 bits per heavy atom. The third kappa shape index (κ3) is 6.22. The van der Waals surface area contributed by atoms with Crippen molar-refractivity contribution in [2.45, 2.75) is 83.3 Å². The SMILES string of the molecule is CC1(C)CCCC(C)(C)N1Cc1ccc2cc(NC(=O)CN3CCC(c4ccc(Cl)cc4)CC3)ccc2n1. The van der Waals surface area contributed by atoms with Crippen LogP contribution < -0.4 is 5.32 Å². The first-order valence-electron chi connectivity index (χ1n) is 14.0. The van der Waals surface area contributed by atoms with Crippen LogP contribution in [0, 0.1) is 0 Å². The van der Waals surface area contributed by atoms with Crippen LogP contribution in [0.5, 0.6) is 0 Å². The summed E-state index contributed by atoms with van der Waals surface area (Å²) < 4.78 is 0. The average molecular weight is 533 g/mol. The highest BCUT2D eigenvalue weighted by atomic mass is 35.5. The van der Waals surface area contributed by atoms with Gasteiger partial charge in [-0.1, -0.05) is 29.8 Å². The molecular formula is C32H41ClN4O. The van der Waals surface area contributed by atoms with Crippen molar-refractivity contribution >= 4 is 34.1 Å². The van der Waals surface area contributed by atoms with Crippen molar-refractivity contribution in [3.63, 3.8) is 0 Å². The number of fused-ring (bicyclic) bond motifs is 1. The summed E-state index contributed by atoms with van der Waals surface area (Å²) in [7, 11) is 0. The van der Waals surface area contributed by atoms with Crippen LogP contribution in [-0.2, 0) is 11.3 Å². The van der Waals surface area contributed by atoms with E-state index in [1.807, 2.05) is 30.3 Å². The smallest absolute Gasteiger partial charge is 0.238 e. The number of nitrogens with zero attached hydrogens (tertiary/aromatic N) is 3. The number of anilines is 1. The topological polar surface area (TPSA) is 48.5 Å². The first kappa shape index (κ1) is 27.1. The standard InChI is InChI=1S/C32H41ClN4O/c1-31(2)16-5-17-32(3,4)37(31)21-28-11-8-25-20-27(12-13-29(25)34-28)35-30(38)22-36-18-14-24(15-19-36)23-6-9-26(33)10-7-23/h6-13,20,24H,5,14-19,21-22H2,1-4H3,(H,35,38). The number of carbonyl (C=O) groups is 1. The molecule has 38 heavy (non-hydrogen) atoms. The van der Waals surface area contributed by atoms with E-state index < -0.39 is 0 Å². The number of piperidine rings is 2. The molecule has 0 spiro atoms. The molecule has 2 fully saturated rings. The van der Waals surface area contributed by atoms with Crippen LogP contribution in [0.2, 0.25) is 5.02 Å². The second-order valence-corrected chi connectivity index (χ2v) is 12.9. The Kier molecular flexibility index (Phi) is 7.82. The van der Waals surface area contributed by atoms with Crippen LogP contribution in [0.25, 0.3) is 10.9 Å². The number of aromatic nitrogens is 1. The molecule has 1 aromatic heterocycles. The summed E-state index contributed by atoms with van der Waals surface area (Å²) in [5.74, 6) is 0.574. The van der Waals surface area contributed by atoms with Crippen molar-refractivity contribution in [1.82, 2.24) is 14.8 Å². The molecule has 2 aliphatic heterocycles. The minimum absolute atomic E-state index is 0.0356. The van der Waals surface area contributed by atoms with E-state index in [-0.39, 0.29) is 17.0 Å². The summed E-state index contributed by atoms with van der Waals surface area (Å²) in [5.41, 5.74) is 4.56. The number of hydrogen-bond donors (Lipinski definition) is 1. The molecule has 0 bridgehead atoms. The molecule has 0 aliphatic carbocycles. The van der Waals surface area contributed by atoms with Crippen molar-refractivity contribution in [2.24, 2.45) is 0 Å². The quantitative estimate of drug-likeness (QED) is 0.363. The van der Waals surface area contributed by atoms with Crippen LogP contribution >= 0.6 is 11.6 Å². The maximum atomic E-state index is 12.8. The molecule has 0 radical (unpaired) electrons. The molecule has 5 rings (SSSR count).